The van der Waals surface area contributed by atoms with Gasteiger partial charge in [0.25, 0.3) is 5.91 Å². The normalized spacial score (nSPS) is 11.4. The summed E-state index contributed by atoms with van der Waals surface area (Å²) in [5.41, 5.74) is 0.548. The van der Waals surface area contributed by atoms with E-state index in [0.29, 0.717) is 24.0 Å². The molecule has 0 saturated heterocycles. The number of hydrogen-bond acceptors (Lipinski definition) is 4. The molecule has 0 aliphatic carbocycles. The molecule has 0 fully saturated rings. The summed E-state index contributed by atoms with van der Waals surface area (Å²) in [5, 5.41) is 7.99. The van der Waals surface area contributed by atoms with Gasteiger partial charge in [-0.2, -0.15) is 0 Å². The van der Waals surface area contributed by atoms with Crippen molar-refractivity contribution in [1.82, 2.24) is 5.32 Å². The lowest BCUT2D eigenvalue weighted by molar-refractivity contribution is -0.123. The van der Waals surface area contributed by atoms with Crippen LogP contribution in [0, 0.1) is 11.6 Å². The van der Waals surface area contributed by atoms with Crippen molar-refractivity contribution in [3.05, 3.63) is 54.1 Å². The lowest BCUT2D eigenvalue weighted by atomic mass is 10.2. The summed E-state index contributed by atoms with van der Waals surface area (Å²) in [4.78, 5) is 23.5. The van der Waals surface area contributed by atoms with Crippen molar-refractivity contribution in [2.75, 3.05) is 23.8 Å². The van der Waals surface area contributed by atoms with Crippen molar-refractivity contribution >= 4 is 23.2 Å². The maximum atomic E-state index is 13.6. The molecule has 27 heavy (non-hydrogen) atoms. The minimum atomic E-state index is -0.843. The number of anilines is 2. The molecule has 0 bridgehead atoms. The van der Waals surface area contributed by atoms with Gasteiger partial charge in [0.2, 0.25) is 5.91 Å². The summed E-state index contributed by atoms with van der Waals surface area (Å²) in [6.45, 7) is 3.88. The second-order valence-electron chi connectivity index (χ2n) is 5.75. The minimum Gasteiger partial charge on any atom is -0.484 e. The van der Waals surface area contributed by atoms with E-state index in [9.17, 15) is 18.4 Å². The van der Waals surface area contributed by atoms with E-state index in [1.54, 1.807) is 31.2 Å². The Kier molecular flexibility index (Phi) is 7.10. The fourth-order valence-corrected chi connectivity index (χ4v) is 2.19. The summed E-state index contributed by atoms with van der Waals surface area (Å²) in [5.74, 6) is -1.73. The van der Waals surface area contributed by atoms with Crippen LogP contribution >= 0.6 is 0 Å². The molecule has 0 heterocycles. The van der Waals surface area contributed by atoms with Crippen LogP contribution in [0.4, 0.5) is 20.2 Å². The number of likely N-dealkylation sites (N-methyl/N-ethyl adjacent to an activating group) is 1. The highest BCUT2D eigenvalue weighted by atomic mass is 19.1. The molecule has 0 aromatic heterocycles. The minimum absolute atomic E-state index is 0.0807. The molecule has 2 aromatic rings. The zero-order valence-electron chi connectivity index (χ0n) is 15.0. The lowest BCUT2D eigenvalue weighted by Crippen LogP contribution is -2.32. The maximum absolute atomic E-state index is 13.6. The van der Waals surface area contributed by atoms with Crippen LogP contribution in [-0.4, -0.2) is 31.0 Å². The van der Waals surface area contributed by atoms with Crippen LogP contribution in [0.5, 0.6) is 5.75 Å². The first kappa shape index (κ1) is 20.2. The van der Waals surface area contributed by atoms with E-state index in [1.165, 1.54) is 0 Å². The van der Waals surface area contributed by atoms with Crippen molar-refractivity contribution in [2.45, 2.75) is 19.9 Å². The Bertz CT molecular complexity index is 797. The van der Waals surface area contributed by atoms with Crippen LogP contribution in [-0.2, 0) is 9.59 Å². The fourth-order valence-electron chi connectivity index (χ4n) is 2.19. The molecule has 0 aliphatic rings. The largest absolute Gasteiger partial charge is 0.484 e. The van der Waals surface area contributed by atoms with Gasteiger partial charge in [0.15, 0.2) is 6.61 Å². The molecular formula is C19H21F2N3O3. The molecule has 1 atom stereocenters. The molecule has 6 nitrogen and oxygen atoms in total. The average Bonchev–Trinajstić information content (AvgIpc) is 2.63. The molecule has 2 rings (SSSR count). The fraction of sp³-hybridized carbons (Fsp3) is 0.263. The molecule has 0 radical (unpaired) electrons. The zero-order chi connectivity index (χ0) is 19.8. The number of carbonyl (C=O) groups is 2. The number of halogens is 2. The van der Waals surface area contributed by atoms with Gasteiger partial charge in [0, 0.05) is 18.3 Å². The van der Waals surface area contributed by atoms with Gasteiger partial charge in [0.1, 0.15) is 23.4 Å². The van der Waals surface area contributed by atoms with Crippen molar-refractivity contribution in [2.24, 2.45) is 0 Å². The van der Waals surface area contributed by atoms with Crippen molar-refractivity contribution in [3.8, 4) is 5.75 Å². The third kappa shape index (κ3) is 6.25. The van der Waals surface area contributed by atoms with E-state index in [4.69, 9.17) is 4.74 Å². The zero-order valence-corrected chi connectivity index (χ0v) is 15.0. The Hall–Kier alpha value is -3.16. The van der Waals surface area contributed by atoms with Crippen LogP contribution in [0.1, 0.15) is 13.8 Å². The molecule has 0 saturated carbocycles. The molecule has 2 amide bonds. The lowest BCUT2D eigenvalue weighted by Gasteiger charge is -2.16. The predicted molar refractivity (Wildman–Crippen MR) is 98.7 cm³/mol. The number of hydrogen-bond donors (Lipinski definition) is 3. The molecule has 3 N–H and O–H groups in total. The number of nitrogens with one attached hydrogen (secondary N) is 3. The number of rotatable bonds is 8. The summed E-state index contributed by atoms with van der Waals surface area (Å²) in [6, 6.07) is 8.96. The highest BCUT2D eigenvalue weighted by Gasteiger charge is 2.15. The first-order valence-electron chi connectivity index (χ1n) is 8.41. The monoisotopic (exact) mass is 377 g/mol. The highest BCUT2D eigenvalue weighted by Crippen LogP contribution is 2.18. The van der Waals surface area contributed by atoms with Gasteiger partial charge in [-0.15, -0.1) is 0 Å². The molecule has 1 unspecified atom stereocenters. The van der Waals surface area contributed by atoms with Crippen LogP contribution in [0.15, 0.2) is 42.5 Å². The van der Waals surface area contributed by atoms with E-state index < -0.39 is 23.6 Å². The standard InChI is InChI=1S/C19H21F2N3O3/c1-3-22-18(25)11-27-15-7-5-14(6-8-15)23-12(2)19(26)24-17-9-4-13(20)10-16(17)21/h4-10,12,23H,3,11H2,1-2H3,(H,22,25)(H,24,26). The number of ether oxygens (including phenoxy) is 1. The van der Waals surface area contributed by atoms with Crippen molar-refractivity contribution in [3.63, 3.8) is 0 Å². The molecule has 8 heteroatoms. The van der Waals surface area contributed by atoms with E-state index in [-0.39, 0.29) is 18.2 Å². The van der Waals surface area contributed by atoms with Gasteiger partial charge >= 0.3 is 0 Å². The smallest absolute Gasteiger partial charge is 0.257 e. The van der Waals surface area contributed by atoms with Gasteiger partial charge in [-0.25, -0.2) is 8.78 Å². The van der Waals surface area contributed by atoms with Crippen LogP contribution in [0.2, 0.25) is 0 Å². The summed E-state index contributed by atoms with van der Waals surface area (Å²) >= 11 is 0. The van der Waals surface area contributed by atoms with Crippen LogP contribution in [0.3, 0.4) is 0 Å². The quantitative estimate of drug-likeness (QED) is 0.661. The molecule has 0 spiro atoms. The summed E-state index contributed by atoms with van der Waals surface area (Å²) < 4.78 is 31.8. The first-order chi connectivity index (χ1) is 12.9. The first-order valence-corrected chi connectivity index (χ1v) is 8.41. The number of amides is 2. The third-order valence-electron chi connectivity index (χ3n) is 3.56. The number of benzene rings is 2. The predicted octanol–water partition coefficient (Wildman–Crippen LogP) is 2.92. The molecule has 144 valence electrons. The second kappa shape index (κ2) is 9.51. The Morgan fingerprint density at radius 2 is 1.81 bits per heavy atom. The summed E-state index contributed by atoms with van der Waals surface area (Å²) in [6.07, 6.45) is 0. The topological polar surface area (TPSA) is 79.5 Å². The van der Waals surface area contributed by atoms with E-state index in [2.05, 4.69) is 16.0 Å². The van der Waals surface area contributed by atoms with E-state index in [1.807, 2.05) is 6.92 Å². The second-order valence-corrected chi connectivity index (χ2v) is 5.75. The Labute approximate surface area is 155 Å². The summed E-state index contributed by atoms with van der Waals surface area (Å²) in [7, 11) is 0. The average molecular weight is 377 g/mol. The number of carbonyl (C=O) groups excluding carboxylic acids is 2. The van der Waals surface area contributed by atoms with Gasteiger partial charge in [0.05, 0.1) is 5.69 Å². The Morgan fingerprint density at radius 1 is 1.11 bits per heavy atom. The van der Waals surface area contributed by atoms with Crippen LogP contribution < -0.4 is 20.7 Å². The maximum Gasteiger partial charge on any atom is 0.257 e. The third-order valence-corrected chi connectivity index (χ3v) is 3.56. The highest BCUT2D eigenvalue weighted by molar-refractivity contribution is 5.96. The Balaban J connectivity index is 1.88. The van der Waals surface area contributed by atoms with E-state index in [0.717, 1.165) is 12.1 Å². The Morgan fingerprint density at radius 3 is 2.44 bits per heavy atom. The SMILES string of the molecule is CCNC(=O)COc1ccc(NC(C)C(=O)Nc2ccc(F)cc2F)cc1. The molecule has 0 aliphatic heterocycles. The van der Waals surface area contributed by atoms with Gasteiger partial charge in [-0.1, -0.05) is 0 Å². The van der Waals surface area contributed by atoms with Crippen molar-refractivity contribution in [1.29, 1.82) is 0 Å². The van der Waals surface area contributed by atoms with Crippen molar-refractivity contribution < 1.29 is 23.1 Å². The van der Waals surface area contributed by atoms with Gasteiger partial charge in [-0.05, 0) is 50.2 Å². The van der Waals surface area contributed by atoms with Gasteiger partial charge in [-0.3, -0.25) is 9.59 Å². The van der Waals surface area contributed by atoms with E-state index >= 15 is 0 Å². The molecule has 2 aromatic carbocycles. The molecular weight excluding hydrogens is 356 g/mol. The van der Waals surface area contributed by atoms with Gasteiger partial charge < -0.3 is 20.7 Å². The van der Waals surface area contributed by atoms with Crippen LogP contribution in [0.25, 0.3) is 0 Å².